The molecule has 0 unspecified atom stereocenters. The van der Waals surface area contributed by atoms with E-state index in [0.717, 1.165) is 10.7 Å². The van der Waals surface area contributed by atoms with Crippen molar-refractivity contribution in [1.29, 1.82) is 0 Å². The fourth-order valence-electron chi connectivity index (χ4n) is 3.26. The van der Waals surface area contributed by atoms with E-state index in [1.807, 2.05) is 30.5 Å². The minimum atomic E-state index is -0.730. The number of thiazole rings is 1. The summed E-state index contributed by atoms with van der Waals surface area (Å²) in [6.45, 7) is 4.21. The number of nitrogens with zero attached hydrogens (tertiary/aromatic N) is 3. The largest absolute Gasteiger partial charge is 0.476 e. The first kappa shape index (κ1) is 18.6. The molecule has 0 spiro atoms. The lowest BCUT2D eigenvalue weighted by atomic mass is 10.1. The van der Waals surface area contributed by atoms with E-state index in [2.05, 4.69) is 4.98 Å². The second kappa shape index (κ2) is 8.12. The van der Waals surface area contributed by atoms with Crippen molar-refractivity contribution in [1.82, 2.24) is 9.88 Å². The molecule has 28 heavy (non-hydrogen) atoms. The fourth-order valence-corrected chi connectivity index (χ4v) is 3.84. The number of aryl methyl sites for hydroxylation is 1. The Hall–Kier alpha value is -2.71. The number of amides is 2. The summed E-state index contributed by atoms with van der Waals surface area (Å²) >= 11 is 1.53. The number of hydrogen-bond donors (Lipinski definition) is 0. The van der Waals surface area contributed by atoms with Crippen molar-refractivity contribution in [2.24, 2.45) is 0 Å². The van der Waals surface area contributed by atoms with E-state index in [0.29, 0.717) is 37.7 Å². The molecule has 1 aromatic heterocycles. The molecule has 0 aliphatic carbocycles. The zero-order chi connectivity index (χ0) is 19.5. The molecule has 7 nitrogen and oxygen atoms in total. The van der Waals surface area contributed by atoms with Crippen LogP contribution in [0.1, 0.15) is 10.7 Å². The Balaban J connectivity index is 1.55. The molecule has 0 N–H and O–H groups in total. The zero-order valence-electron chi connectivity index (χ0n) is 15.5. The van der Waals surface area contributed by atoms with Crippen LogP contribution >= 0.6 is 11.3 Å². The fraction of sp³-hybridized carbons (Fsp3) is 0.350. The van der Waals surface area contributed by atoms with Crippen LogP contribution in [0.15, 0.2) is 35.7 Å². The smallest absolute Gasteiger partial charge is 0.265 e. The van der Waals surface area contributed by atoms with Crippen molar-refractivity contribution < 1.29 is 19.1 Å². The van der Waals surface area contributed by atoms with Gasteiger partial charge in [0.25, 0.3) is 11.8 Å². The van der Waals surface area contributed by atoms with Gasteiger partial charge in [-0.05, 0) is 25.1 Å². The molecule has 3 heterocycles. The normalized spacial score (nSPS) is 19.4. The maximum atomic E-state index is 12.9. The number of anilines is 1. The monoisotopic (exact) mass is 399 g/mol. The second-order valence-electron chi connectivity index (χ2n) is 6.59. The molecule has 1 atom stereocenters. The zero-order valence-corrected chi connectivity index (χ0v) is 16.4. The van der Waals surface area contributed by atoms with Gasteiger partial charge in [-0.3, -0.25) is 9.59 Å². The number of aromatic nitrogens is 1. The van der Waals surface area contributed by atoms with Crippen molar-refractivity contribution in [2.75, 3.05) is 37.7 Å². The van der Waals surface area contributed by atoms with Gasteiger partial charge < -0.3 is 19.3 Å². The van der Waals surface area contributed by atoms with Gasteiger partial charge in [0.1, 0.15) is 5.75 Å². The van der Waals surface area contributed by atoms with Crippen LogP contribution in [0, 0.1) is 6.92 Å². The third kappa shape index (κ3) is 3.93. The number of carbonyl (C=O) groups excluding carboxylic acids is 2. The van der Waals surface area contributed by atoms with Crippen LogP contribution in [0.2, 0.25) is 0 Å². The van der Waals surface area contributed by atoms with Crippen molar-refractivity contribution >= 4 is 34.9 Å². The Bertz CT molecular complexity index is 904. The van der Waals surface area contributed by atoms with Gasteiger partial charge in [-0.25, -0.2) is 4.98 Å². The molecule has 0 saturated carbocycles. The molecule has 8 heteroatoms. The molecule has 4 rings (SSSR count). The Morgan fingerprint density at radius 3 is 2.79 bits per heavy atom. The van der Waals surface area contributed by atoms with Crippen molar-refractivity contribution in [3.8, 4) is 5.75 Å². The first-order valence-corrected chi connectivity index (χ1v) is 10.0. The summed E-state index contributed by atoms with van der Waals surface area (Å²) < 4.78 is 11.2. The summed E-state index contributed by atoms with van der Waals surface area (Å²) in [6.07, 6.45) is 2.46. The highest BCUT2D eigenvalue weighted by Gasteiger charge is 2.35. The van der Waals surface area contributed by atoms with Crippen molar-refractivity contribution in [2.45, 2.75) is 13.0 Å². The van der Waals surface area contributed by atoms with Crippen LogP contribution < -0.4 is 9.64 Å². The van der Waals surface area contributed by atoms with Crippen LogP contribution in [0.4, 0.5) is 5.69 Å². The summed E-state index contributed by atoms with van der Waals surface area (Å²) in [4.78, 5) is 33.5. The van der Waals surface area contributed by atoms with Gasteiger partial charge >= 0.3 is 0 Å². The van der Waals surface area contributed by atoms with E-state index < -0.39 is 6.10 Å². The van der Waals surface area contributed by atoms with Crippen molar-refractivity contribution in [3.63, 3.8) is 0 Å². The Kier molecular flexibility index (Phi) is 5.40. The molecule has 1 aromatic carbocycles. The molecule has 1 saturated heterocycles. The predicted octanol–water partition coefficient (Wildman–Crippen LogP) is 2.12. The topological polar surface area (TPSA) is 72.0 Å². The highest BCUT2D eigenvalue weighted by molar-refractivity contribution is 7.09. The molecule has 2 aliphatic rings. The number of fused-ring (bicyclic) bond motifs is 1. The van der Waals surface area contributed by atoms with Gasteiger partial charge in [0, 0.05) is 24.5 Å². The average Bonchev–Trinajstić information content (AvgIpc) is 3.16. The number of ether oxygens (including phenoxy) is 2. The van der Waals surface area contributed by atoms with Gasteiger partial charge in [-0.15, -0.1) is 11.3 Å². The summed E-state index contributed by atoms with van der Waals surface area (Å²) in [5.41, 5.74) is 1.41. The minimum absolute atomic E-state index is 0.116. The quantitative estimate of drug-likeness (QED) is 0.740. The summed E-state index contributed by atoms with van der Waals surface area (Å²) in [5.74, 6) is 0.211. The van der Waals surface area contributed by atoms with Crippen molar-refractivity contribution in [3.05, 3.63) is 46.4 Å². The van der Waals surface area contributed by atoms with E-state index >= 15 is 0 Å². The van der Waals surface area contributed by atoms with Gasteiger partial charge in [-0.2, -0.15) is 0 Å². The van der Waals surface area contributed by atoms with E-state index in [9.17, 15) is 9.59 Å². The highest BCUT2D eigenvalue weighted by Crippen LogP contribution is 2.33. The van der Waals surface area contributed by atoms with Crippen LogP contribution in [0.5, 0.6) is 5.75 Å². The SMILES string of the molecule is Cc1nc(/C=C/C(=O)N2C[C@@H](C(=O)N3CCOCC3)Oc3ccccc32)cs1. The van der Waals surface area contributed by atoms with Crippen LogP contribution in [0.25, 0.3) is 6.08 Å². The lowest BCUT2D eigenvalue weighted by molar-refractivity contribution is -0.142. The first-order valence-electron chi connectivity index (χ1n) is 9.16. The number of hydrogen-bond acceptors (Lipinski definition) is 6. The van der Waals surface area contributed by atoms with E-state index in [1.165, 1.54) is 17.4 Å². The third-order valence-electron chi connectivity index (χ3n) is 4.67. The number of rotatable bonds is 3. The van der Waals surface area contributed by atoms with Crippen LogP contribution in [-0.2, 0) is 14.3 Å². The summed E-state index contributed by atoms with van der Waals surface area (Å²) in [5, 5.41) is 2.84. The maximum Gasteiger partial charge on any atom is 0.265 e. The lowest BCUT2D eigenvalue weighted by Gasteiger charge is -2.37. The second-order valence-corrected chi connectivity index (χ2v) is 7.65. The molecule has 2 amide bonds. The number of benzene rings is 1. The van der Waals surface area contributed by atoms with Gasteiger partial charge in [0.05, 0.1) is 36.1 Å². The Labute approximate surface area is 167 Å². The average molecular weight is 399 g/mol. The van der Waals surface area contributed by atoms with E-state index in [4.69, 9.17) is 9.47 Å². The van der Waals surface area contributed by atoms with Crippen LogP contribution in [0.3, 0.4) is 0 Å². The maximum absolute atomic E-state index is 12.9. The molecular formula is C20H21N3O4S. The molecule has 0 bridgehead atoms. The van der Waals surface area contributed by atoms with E-state index in [-0.39, 0.29) is 18.4 Å². The molecule has 146 valence electrons. The summed E-state index contributed by atoms with van der Waals surface area (Å²) in [6, 6.07) is 7.28. The van der Waals surface area contributed by atoms with E-state index in [1.54, 1.807) is 21.9 Å². The van der Waals surface area contributed by atoms with Crippen LogP contribution in [-0.4, -0.2) is 60.7 Å². The molecule has 0 radical (unpaired) electrons. The molecular weight excluding hydrogens is 378 g/mol. The number of para-hydroxylation sites is 2. The number of morpholine rings is 1. The minimum Gasteiger partial charge on any atom is -0.476 e. The van der Waals surface area contributed by atoms with Gasteiger partial charge in [-0.1, -0.05) is 12.1 Å². The molecule has 1 fully saturated rings. The summed E-state index contributed by atoms with van der Waals surface area (Å²) in [7, 11) is 0. The number of carbonyl (C=O) groups is 2. The predicted molar refractivity (Wildman–Crippen MR) is 106 cm³/mol. The Morgan fingerprint density at radius 2 is 2.04 bits per heavy atom. The lowest BCUT2D eigenvalue weighted by Crippen LogP contribution is -2.53. The standard InChI is InChI=1S/C20H21N3O4S/c1-14-21-15(13-28-14)6-7-19(24)23-12-18(20(25)22-8-10-26-11-9-22)27-17-5-3-2-4-16(17)23/h2-7,13,18H,8-12H2,1H3/b7-6+/t18-/m0/s1. The molecule has 2 aliphatic heterocycles. The first-order chi connectivity index (χ1) is 13.6. The third-order valence-corrected chi connectivity index (χ3v) is 5.46. The highest BCUT2D eigenvalue weighted by atomic mass is 32.1. The Morgan fingerprint density at radius 1 is 1.25 bits per heavy atom. The molecule has 2 aromatic rings. The van der Waals surface area contributed by atoms with Gasteiger partial charge in [0.15, 0.2) is 6.10 Å². The van der Waals surface area contributed by atoms with Gasteiger partial charge in [0.2, 0.25) is 0 Å².